The molecule has 5 rings (SSSR count). The number of rotatable bonds is 6. The molecule has 1 aliphatic rings. The van der Waals surface area contributed by atoms with E-state index in [9.17, 15) is 13.2 Å². The number of likely N-dealkylation sites (tertiary alicyclic amines) is 1. The number of amides is 1. The van der Waals surface area contributed by atoms with E-state index < -0.39 is 10.0 Å². The van der Waals surface area contributed by atoms with Gasteiger partial charge in [0.2, 0.25) is 15.9 Å². The molecule has 1 saturated heterocycles. The van der Waals surface area contributed by atoms with Gasteiger partial charge in [0.1, 0.15) is 4.21 Å². The molecule has 1 amide bonds. The Labute approximate surface area is 203 Å². The van der Waals surface area contributed by atoms with E-state index >= 15 is 0 Å². The molecule has 0 spiro atoms. The lowest BCUT2D eigenvalue weighted by Gasteiger charge is -2.31. The second kappa shape index (κ2) is 9.37. The molecule has 4 aromatic rings. The minimum absolute atomic E-state index is 0.0457. The molecule has 0 unspecified atom stereocenters. The van der Waals surface area contributed by atoms with E-state index in [0.717, 1.165) is 12.1 Å². The number of aryl methyl sites for hydroxylation is 1. The van der Waals surface area contributed by atoms with E-state index in [-0.39, 0.29) is 11.9 Å². The molecular weight excluding hydrogens is 466 g/mol. The molecule has 34 heavy (non-hydrogen) atoms. The first-order chi connectivity index (χ1) is 16.5. The van der Waals surface area contributed by atoms with E-state index in [2.05, 4.69) is 52.6 Å². The molecule has 0 saturated carbocycles. The van der Waals surface area contributed by atoms with Gasteiger partial charge in [0.15, 0.2) is 0 Å². The molecule has 1 aliphatic heterocycles. The Kier molecular flexibility index (Phi) is 6.29. The van der Waals surface area contributed by atoms with Gasteiger partial charge in [-0.1, -0.05) is 30.3 Å². The summed E-state index contributed by atoms with van der Waals surface area (Å²) in [5, 5.41) is 4.15. The summed E-state index contributed by atoms with van der Waals surface area (Å²) in [5.74, 6) is -0.0457. The number of hydrogen-bond acceptors (Lipinski definition) is 4. The summed E-state index contributed by atoms with van der Waals surface area (Å²) in [6.07, 6.45) is 4.70. The van der Waals surface area contributed by atoms with E-state index in [1.165, 1.54) is 33.1 Å². The van der Waals surface area contributed by atoms with Crippen molar-refractivity contribution in [3.05, 3.63) is 71.6 Å². The number of thiophene rings is 1. The average Bonchev–Trinajstić information content (AvgIpc) is 3.50. The Bertz CT molecular complexity index is 1460. The fourth-order valence-corrected chi connectivity index (χ4v) is 7.01. The smallest absolute Gasteiger partial charge is 0.250 e. The number of carbonyl (C=O) groups excluding carboxylic acids is 1. The van der Waals surface area contributed by atoms with Gasteiger partial charge in [-0.2, -0.15) is 0 Å². The summed E-state index contributed by atoms with van der Waals surface area (Å²) in [7, 11) is -3.49. The van der Waals surface area contributed by atoms with Crippen molar-refractivity contribution in [3.8, 4) is 0 Å². The average molecular weight is 494 g/mol. The van der Waals surface area contributed by atoms with Gasteiger partial charge in [-0.15, -0.1) is 11.3 Å². The van der Waals surface area contributed by atoms with Crippen LogP contribution in [-0.2, 0) is 21.4 Å². The quantitative estimate of drug-likeness (QED) is 0.390. The third-order valence-electron chi connectivity index (χ3n) is 6.42. The second-order valence-electron chi connectivity index (χ2n) is 8.52. The molecule has 1 fully saturated rings. The number of hydrogen-bond donors (Lipinski definition) is 1. The fourth-order valence-electron chi connectivity index (χ4n) is 4.70. The van der Waals surface area contributed by atoms with Crippen LogP contribution in [0.2, 0.25) is 0 Å². The summed E-state index contributed by atoms with van der Waals surface area (Å²) < 4.78 is 30.3. The lowest BCUT2D eigenvalue weighted by Crippen LogP contribution is -2.46. The number of aromatic nitrogens is 1. The number of piperidine rings is 1. The first-order valence-corrected chi connectivity index (χ1v) is 13.9. The number of carbonyl (C=O) groups is 1. The summed E-state index contributed by atoms with van der Waals surface area (Å²) in [5.41, 5.74) is 3.40. The number of nitrogens with zero attached hydrogens (tertiary/aromatic N) is 2. The molecule has 8 heteroatoms. The van der Waals surface area contributed by atoms with E-state index in [1.54, 1.807) is 28.5 Å². The molecule has 176 valence electrons. The normalized spacial score (nSPS) is 15.6. The number of sulfonamides is 1. The summed E-state index contributed by atoms with van der Waals surface area (Å²) in [4.78, 5) is 14.6. The zero-order valence-electron chi connectivity index (χ0n) is 19.0. The first-order valence-electron chi connectivity index (χ1n) is 11.5. The summed E-state index contributed by atoms with van der Waals surface area (Å²) >= 11 is 1.21. The van der Waals surface area contributed by atoms with Crippen LogP contribution >= 0.6 is 11.3 Å². The van der Waals surface area contributed by atoms with Gasteiger partial charge >= 0.3 is 0 Å². The second-order valence-corrected chi connectivity index (χ2v) is 11.4. The zero-order chi connectivity index (χ0) is 23.7. The van der Waals surface area contributed by atoms with Crippen molar-refractivity contribution < 1.29 is 13.2 Å². The van der Waals surface area contributed by atoms with Crippen LogP contribution in [0.1, 0.15) is 25.3 Å². The van der Waals surface area contributed by atoms with E-state index in [4.69, 9.17) is 0 Å². The number of fused-ring (bicyclic) bond motifs is 3. The van der Waals surface area contributed by atoms with Gasteiger partial charge in [-0.25, -0.2) is 13.1 Å². The van der Waals surface area contributed by atoms with Gasteiger partial charge in [0, 0.05) is 53.6 Å². The van der Waals surface area contributed by atoms with Crippen LogP contribution in [0, 0.1) is 0 Å². The number of benzene rings is 2. The van der Waals surface area contributed by atoms with Crippen molar-refractivity contribution in [3.63, 3.8) is 0 Å². The van der Waals surface area contributed by atoms with Crippen LogP contribution in [-0.4, -0.2) is 42.9 Å². The standard InChI is InChI=1S/C26H27N3O3S2/c1-2-29-23-7-4-3-6-21(23)22-18-19(9-11-24(22)29)10-12-25(30)28-15-13-20(14-16-28)27-34(31,32)26-8-5-17-33-26/h3-12,17-18,20,27H,2,13-16H2,1H3/b12-10+. The van der Waals surface area contributed by atoms with Gasteiger partial charge in [-0.3, -0.25) is 4.79 Å². The third kappa shape index (κ3) is 4.41. The summed E-state index contributed by atoms with van der Waals surface area (Å²) in [6.45, 7) is 4.11. The van der Waals surface area contributed by atoms with Crippen molar-refractivity contribution in [2.45, 2.75) is 36.6 Å². The predicted octanol–water partition coefficient (Wildman–Crippen LogP) is 4.86. The van der Waals surface area contributed by atoms with Gasteiger partial charge < -0.3 is 9.47 Å². The highest BCUT2D eigenvalue weighted by Crippen LogP contribution is 2.30. The lowest BCUT2D eigenvalue weighted by atomic mass is 10.1. The molecule has 2 aromatic carbocycles. The first kappa shape index (κ1) is 22.8. The predicted molar refractivity (Wildman–Crippen MR) is 138 cm³/mol. The Morgan fingerprint density at radius 2 is 1.82 bits per heavy atom. The molecule has 1 N–H and O–H groups in total. The molecule has 2 aromatic heterocycles. The Morgan fingerprint density at radius 3 is 2.56 bits per heavy atom. The van der Waals surface area contributed by atoms with Gasteiger partial charge in [0.25, 0.3) is 0 Å². The molecule has 0 bridgehead atoms. The highest BCUT2D eigenvalue weighted by atomic mass is 32.2. The Morgan fingerprint density at radius 1 is 1.06 bits per heavy atom. The lowest BCUT2D eigenvalue weighted by molar-refractivity contribution is -0.126. The minimum Gasteiger partial charge on any atom is -0.341 e. The van der Waals surface area contributed by atoms with E-state index in [0.29, 0.717) is 30.1 Å². The van der Waals surface area contributed by atoms with Crippen molar-refractivity contribution in [2.75, 3.05) is 13.1 Å². The molecule has 6 nitrogen and oxygen atoms in total. The summed E-state index contributed by atoms with van der Waals surface area (Å²) in [6, 6.07) is 17.9. The van der Waals surface area contributed by atoms with Gasteiger partial charge in [-0.05, 0) is 61.1 Å². The highest BCUT2D eigenvalue weighted by molar-refractivity contribution is 7.91. The topological polar surface area (TPSA) is 71.4 Å². The van der Waals surface area contributed by atoms with Crippen LogP contribution in [0.4, 0.5) is 0 Å². The monoisotopic (exact) mass is 493 g/mol. The zero-order valence-corrected chi connectivity index (χ0v) is 20.6. The highest BCUT2D eigenvalue weighted by Gasteiger charge is 2.26. The number of para-hydroxylation sites is 1. The maximum absolute atomic E-state index is 12.8. The molecule has 3 heterocycles. The minimum atomic E-state index is -3.49. The van der Waals surface area contributed by atoms with Crippen molar-refractivity contribution >= 4 is 55.1 Å². The van der Waals surface area contributed by atoms with Crippen LogP contribution < -0.4 is 4.72 Å². The van der Waals surface area contributed by atoms with Crippen LogP contribution in [0.5, 0.6) is 0 Å². The molecule has 0 aliphatic carbocycles. The van der Waals surface area contributed by atoms with Crippen molar-refractivity contribution in [1.82, 2.24) is 14.2 Å². The van der Waals surface area contributed by atoms with Crippen molar-refractivity contribution in [2.24, 2.45) is 0 Å². The fraction of sp³-hybridized carbons (Fsp3) is 0.269. The largest absolute Gasteiger partial charge is 0.341 e. The SMILES string of the molecule is CCn1c2ccccc2c2cc(/C=C/C(=O)N3CCC(NS(=O)(=O)c4cccs4)CC3)ccc21. The molecule has 0 radical (unpaired) electrons. The van der Waals surface area contributed by atoms with Crippen molar-refractivity contribution in [1.29, 1.82) is 0 Å². The number of nitrogens with one attached hydrogen (secondary N) is 1. The van der Waals surface area contributed by atoms with Crippen LogP contribution in [0.15, 0.2) is 70.3 Å². The molecule has 0 atom stereocenters. The maximum Gasteiger partial charge on any atom is 0.250 e. The van der Waals surface area contributed by atoms with Crippen LogP contribution in [0.25, 0.3) is 27.9 Å². The molecular formula is C26H27N3O3S2. The maximum atomic E-state index is 12.8. The van der Waals surface area contributed by atoms with E-state index in [1.807, 2.05) is 12.1 Å². The third-order valence-corrected chi connectivity index (χ3v) is 9.34. The Balaban J connectivity index is 1.25. The van der Waals surface area contributed by atoms with Gasteiger partial charge in [0.05, 0.1) is 0 Å². The van der Waals surface area contributed by atoms with Crippen LogP contribution in [0.3, 0.4) is 0 Å². The Hall–Kier alpha value is -2.94.